The summed E-state index contributed by atoms with van der Waals surface area (Å²) >= 11 is 2.00. The molecule has 0 aromatic rings. The molecular weight excluding hydrogens is 180 g/mol. The summed E-state index contributed by atoms with van der Waals surface area (Å²) in [6.07, 6.45) is 1.46. The van der Waals surface area contributed by atoms with Crippen LogP contribution in [-0.2, 0) is 4.79 Å². The van der Waals surface area contributed by atoms with Gasteiger partial charge in [-0.2, -0.15) is 0 Å². The van der Waals surface area contributed by atoms with Gasteiger partial charge in [0, 0.05) is 22.3 Å². The minimum absolute atomic E-state index is 0.300. The molecule has 0 N–H and O–H groups in total. The highest BCUT2D eigenvalue weighted by Crippen LogP contribution is 2.60. The normalized spacial score (nSPS) is 25.3. The van der Waals surface area contributed by atoms with Gasteiger partial charge in [0.1, 0.15) is 5.78 Å². The zero-order valence-corrected chi connectivity index (χ0v) is 10.1. The molecule has 1 nitrogen and oxygen atoms in total. The fraction of sp³-hybridized carbons (Fsp3) is 0.909. The molecule has 0 aliphatic carbocycles. The zero-order chi connectivity index (χ0) is 10.3. The number of carbonyl (C=O) groups is 1. The number of ketones is 1. The van der Waals surface area contributed by atoms with E-state index >= 15 is 0 Å². The third-order valence-corrected chi connectivity index (χ3v) is 4.65. The average molecular weight is 200 g/mol. The molecule has 0 bridgehead atoms. The number of carbonyl (C=O) groups excluding carboxylic acids is 1. The van der Waals surface area contributed by atoms with Crippen LogP contribution < -0.4 is 0 Å². The molecule has 1 rings (SSSR count). The standard InChI is InChI=1S/C11H20OS/c1-6-8(12)7-9-10(2,3)13-11(9,4)5/h9H,6-7H2,1-5H3. The quantitative estimate of drug-likeness (QED) is 0.695. The molecule has 0 amide bonds. The third kappa shape index (κ3) is 2.09. The maximum Gasteiger partial charge on any atom is 0.133 e. The van der Waals surface area contributed by atoms with E-state index in [1.54, 1.807) is 0 Å². The molecule has 0 aromatic carbocycles. The van der Waals surface area contributed by atoms with Gasteiger partial charge in [-0.3, -0.25) is 4.79 Å². The highest BCUT2D eigenvalue weighted by molar-refractivity contribution is 8.03. The maximum atomic E-state index is 11.4. The van der Waals surface area contributed by atoms with E-state index in [1.165, 1.54) is 0 Å². The van der Waals surface area contributed by atoms with Gasteiger partial charge in [0.25, 0.3) is 0 Å². The summed E-state index contributed by atoms with van der Waals surface area (Å²) in [4.78, 5) is 11.4. The van der Waals surface area contributed by atoms with E-state index in [2.05, 4.69) is 27.7 Å². The Labute approximate surface area is 85.7 Å². The van der Waals surface area contributed by atoms with Crippen LogP contribution in [-0.4, -0.2) is 15.3 Å². The molecule has 13 heavy (non-hydrogen) atoms. The Morgan fingerprint density at radius 3 is 2.00 bits per heavy atom. The summed E-state index contributed by atoms with van der Waals surface area (Å²) in [6.45, 7) is 10.9. The topological polar surface area (TPSA) is 17.1 Å². The van der Waals surface area contributed by atoms with E-state index in [0.717, 1.165) is 6.42 Å². The van der Waals surface area contributed by atoms with E-state index in [4.69, 9.17) is 0 Å². The van der Waals surface area contributed by atoms with E-state index in [1.807, 2.05) is 18.7 Å². The predicted octanol–water partition coefficient (Wildman–Crippen LogP) is 3.28. The second-order valence-corrected chi connectivity index (χ2v) is 7.27. The molecule has 1 aliphatic rings. The van der Waals surface area contributed by atoms with Gasteiger partial charge in [-0.05, 0) is 5.92 Å². The van der Waals surface area contributed by atoms with Crippen LogP contribution in [0, 0.1) is 5.92 Å². The Kier molecular flexibility index (Phi) is 2.82. The molecule has 1 heterocycles. The van der Waals surface area contributed by atoms with Crippen LogP contribution in [0.2, 0.25) is 0 Å². The van der Waals surface area contributed by atoms with Crippen LogP contribution in [0.15, 0.2) is 0 Å². The second-order valence-electron chi connectivity index (χ2n) is 4.96. The fourth-order valence-electron chi connectivity index (χ4n) is 2.46. The first-order chi connectivity index (χ1) is 5.79. The van der Waals surface area contributed by atoms with E-state index in [9.17, 15) is 4.79 Å². The van der Waals surface area contributed by atoms with Gasteiger partial charge in [-0.15, -0.1) is 11.8 Å². The minimum Gasteiger partial charge on any atom is -0.300 e. The molecule has 0 atom stereocenters. The Morgan fingerprint density at radius 2 is 1.69 bits per heavy atom. The zero-order valence-electron chi connectivity index (χ0n) is 9.31. The highest BCUT2D eigenvalue weighted by Gasteiger charge is 2.53. The highest BCUT2D eigenvalue weighted by atomic mass is 32.2. The van der Waals surface area contributed by atoms with E-state index in [0.29, 0.717) is 27.6 Å². The maximum absolute atomic E-state index is 11.4. The smallest absolute Gasteiger partial charge is 0.133 e. The van der Waals surface area contributed by atoms with Gasteiger partial charge in [0.15, 0.2) is 0 Å². The van der Waals surface area contributed by atoms with Crippen LogP contribution in [0.5, 0.6) is 0 Å². The number of thioether (sulfide) groups is 1. The largest absolute Gasteiger partial charge is 0.300 e. The summed E-state index contributed by atoms with van der Waals surface area (Å²) < 4.78 is 0.600. The first kappa shape index (κ1) is 11.1. The van der Waals surface area contributed by atoms with Crippen molar-refractivity contribution in [1.82, 2.24) is 0 Å². The minimum atomic E-state index is 0.300. The Hall–Kier alpha value is 0.0200. The van der Waals surface area contributed by atoms with Crippen molar-refractivity contribution in [2.24, 2.45) is 5.92 Å². The Bertz CT molecular complexity index is 204. The van der Waals surface area contributed by atoms with Crippen molar-refractivity contribution in [3.05, 3.63) is 0 Å². The monoisotopic (exact) mass is 200 g/mol. The molecule has 1 aliphatic heterocycles. The first-order valence-electron chi connectivity index (χ1n) is 5.01. The SMILES string of the molecule is CCC(=O)CC1C(C)(C)SC1(C)C. The van der Waals surface area contributed by atoms with Gasteiger partial charge < -0.3 is 0 Å². The lowest BCUT2D eigenvalue weighted by Crippen LogP contribution is -2.54. The van der Waals surface area contributed by atoms with Crippen molar-refractivity contribution in [3.8, 4) is 0 Å². The molecule has 76 valence electrons. The van der Waals surface area contributed by atoms with Gasteiger partial charge in [0.2, 0.25) is 0 Å². The van der Waals surface area contributed by atoms with Crippen LogP contribution in [0.25, 0.3) is 0 Å². The number of hydrogen-bond donors (Lipinski definition) is 0. The molecule has 0 radical (unpaired) electrons. The lowest BCUT2D eigenvalue weighted by Gasteiger charge is -2.57. The first-order valence-corrected chi connectivity index (χ1v) is 5.83. The summed E-state index contributed by atoms with van der Waals surface area (Å²) in [5, 5.41) is 0. The number of Topliss-reactive ketones (excluding diaryl/α,β-unsaturated/α-hetero) is 1. The summed E-state index contributed by atoms with van der Waals surface area (Å²) in [7, 11) is 0. The Balaban J connectivity index is 2.61. The molecule has 0 aromatic heterocycles. The molecule has 0 spiro atoms. The summed E-state index contributed by atoms with van der Waals surface area (Å²) in [6, 6.07) is 0. The van der Waals surface area contributed by atoms with Crippen LogP contribution in [0.4, 0.5) is 0 Å². The van der Waals surface area contributed by atoms with Crippen molar-refractivity contribution >= 4 is 17.5 Å². The fourth-order valence-corrected chi connectivity index (χ4v) is 4.67. The summed E-state index contributed by atoms with van der Waals surface area (Å²) in [5.41, 5.74) is 0. The second kappa shape index (κ2) is 3.30. The van der Waals surface area contributed by atoms with Crippen LogP contribution in [0.3, 0.4) is 0 Å². The lowest BCUT2D eigenvalue weighted by atomic mass is 9.78. The van der Waals surface area contributed by atoms with Crippen molar-refractivity contribution in [2.45, 2.75) is 57.0 Å². The molecule has 1 fully saturated rings. The molecule has 0 saturated carbocycles. The van der Waals surface area contributed by atoms with Gasteiger partial charge >= 0.3 is 0 Å². The summed E-state index contributed by atoms with van der Waals surface area (Å²) in [5.74, 6) is 0.962. The molecular formula is C11H20OS. The molecule has 2 heteroatoms. The predicted molar refractivity (Wildman–Crippen MR) is 59.2 cm³/mol. The van der Waals surface area contributed by atoms with Crippen molar-refractivity contribution in [3.63, 3.8) is 0 Å². The van der Waals surface area contributed by atoms with Crippen LogP contribution >= 0.6 is 11.8 Å². The number of rotatable bonds is 3. The average Bonchev–Trinajstić information content (AvgIpc) is 1.97. The van der Waals surface area contributed by atoms with E-state index in [-0.39, 0.29) is 0 Å². The Morgan fingerprint density at radius 1 is 1.23 bits per heavy atom. The lowest BCUT2D eigenvalue weighted by molar-refractivity contribution is -0.120. The van der Waals surface area contributed by atoms with Crippen molar-refractivity contribution in [1.29, 1.82) is 0 Å². The molecule has 0 unspecified atom stereocenters. The third-order valence-electron chi connectivity index (χ3n) is 3.03. The van der Waals surface area contributed by atoms with Crippen molar-refractivity contribution < 1.29 is 4.79 Å². The van der Waals surface area contributed by atoms with Gasteiger partial charge in [-0.25, -0.2) is 0 Å². The molecule has 1 saturated heterocycles. The van der Waals surface area contributed by atoms with Gasteiger partial charge in [-0.1, -0.05) is 34.6 Å². The van der Waals surface area contributed by atoms with Gasteiger partial charge in [0.05, 0.1) is 0 Å². The number of hydrogen-bond acceptors (Lipinski definition) is 2. The van der Waals surface area contributed by atoms with Crippen molar-refractivity contribution in [2.75, 3.05) is 0 Å². The van der Waals surface area contributed by atoms with E-state index < -0.39 is 0 Å². The van der Waals surface area contributed by atoms with Crippen LogP contribution in [0.1, 0.15) is 47.5 Å².